The van der Waals surface area contributed by atoms with Crippen LogP contribution in [0.3, 0.4) is 0 Å². The first kappa shape index (κ1) is 22.4. The number of carbonyl (C=O) groups is 1. The first-order valence-corrected chi connectivity index (χ1v) is 8.49. The van der Waals surface area contributed by atoms with E-state index in [1.165, 1.54) is 77.0 Å². The fourth-order valence-electron chi connectivity index (χ4n) is 2.47. The van der Waals surface area contributed by atoms with Gasteiger partial charge >= 0.3 is 5.97 Å². The molecule has 3 heteroatoms. The van der Waals surface area contributed by atoms with Crippen molar-refractivity contribution in [2.75, 3.05) is 0 Å². The summed E-state index contributed by atoms with van der Waals surface area (Å²) in [6.07, 6.45) is 18.7. The van der Waals surface area contributed by atoms with E-state index in [1.54, 1.807) is 0 Å². The van der Waals surface area contributed by atoms with Gasteiger partial charge in [0.2, 0.25) is 0 Å². The SMILES string of the molecule is CCCCCCCCCCCCCCCCC(=O)O.[Li]. The molecule has 0 amide bonds. The Morgan fingerprint density at radius 2 is 0.950 bits per heavy atom. The van der Waals surface area contributed by atoms with Crippen molar-refractivity contribution >= 4 is 24.8 Å². The van der Waals surface area contributed by atoms with Gasteiger partial charge < -0.3 is 5.11 Å². The molecule has 0 aromatic heterocycles. The predicted octanol–water partition coefficient (Wildman–Crippen LogP) is 5.56. The molecule has 0 saturated carbocycles. The Hall–Kier alpha value is 0.0674. The first-order valence-electron chi connectivity index (χ1n) is 8.49. The summed E-state index contributed by atoms with van der Waals surface area (Å²) >= 11 is 0. The second-order valence-corrected chi connectivity index (χ2v) is 5.74. The predicted molar refractivity (Wildman–Crippen MR) is 88.3 cm³/mol. The average Bonchev–Trinajstić information content (AvgIpc) is 2.39. The quantitative estimate of drug-likeness (QED) is 0.314. The molecule has 0 aromatic carbocycles. The molecule has 2 nitrogen and oxygen atoms in total. The minimum atomic E-state index is -0.654. The van der Waals surface area contributed by atoms with Crippen molar-refractivity contribution in [3.8, 4) is 0 Å². The van der Waals surface area contributed by atoms with Gasteiger partial charge in [-0.05, 0) is 6.42 Å². The molecule has 0 saturated heterocycles. The zero-order valence-electron chi connectivity index (χ0n) is 14.0. The van der Waals surface area contributed by atoms with Crippen LogP contribution >= 0.6 is 0 Å². The molecule has 1 N–H and O–H groups in total. The van der Waals surface area contributed by atoms with Crippen LogP contribution in [0.25, 0.3) is 0 Å². The number of aliphatic carboxylic acids is 1. The van der Waals surface area contributed by atoms with E-state index < -0.39 is 5.97 Å². The maximum Gasteiger partial charge on any atom is 0.303 e. The molecule has 115 valence electrons. The zero-order chi connectivity index (χ0) is 14.2. The standard InChI is InChI=1S/C17H34O2.Li/c1-2-3-4-5-6-7-8-9-10-11-12-13-14-15-16-17(18)19;/h2-16H2,1H3,(H,18,19);. The monoisotopic (exact) mass is 277 g/mol. The molecule has 0 aliphatic rings. The molecule has 0 fully saturated rings. The molecular weight excluding hydrogens is 243 g/mol. The number of carboxylic acid groups (broad SMARTS) is 1. The minimum Gasteiger partial charge on any atom is -0.481 e. The summed E-state index contributed by atoms with van der Waals surface area (Å²) in [7, 11) is 0. The van der Waals surface area contributed by atoms with E-state index in [9.17, 15) is 4.79 Å². The van der Waals surface area contributed by atoms with Crippen molar-refractivity contribution in [2.45, 2.75) is 103 Å². The van der Waals surface area contributed by atoms with Gasteiger partial charge in [-0.3, -0.25) is 4.79 Å². The summed E-state index contributed by atoms with van der Waals surface area (Å²) in [5.41, 5.74) is 0. The van der Waals surface area contributed by atoms with E-state index in [-0.39, 0.29) is 18.9 Å². The van der Waals surface area contributed by atoms with Crippen LogP contribution in [-0.4, -0.2) is 29.9 Å². The van der Waals surface area contributed by atoms with E-state index in [2.05, 4.69) is 6.92 Å². The van der Waals surface area contributed by atoms with Gasteiger partial charge in [0.15, 0.2) is 0 Å². The van der Waals surface area contributed by atoms with Gasteiger partial charge in [0, 0.05) is 25.3 Å². The van der Waals surface area contributed by atoms with Crippen LogP contribution in [0.1, 0.15) is 103 Å². The summed E-state index contributed by atoms with van der Waals surface area (Å²) < 4.78 is 0. The van der Waals surface area contributed by atoms with Crippen LogP contribution in [0.15, 0.2) is 0 Å². The van der Waals surface area contributed by atoms with Gasteiger partial charge in [0.25, 0.3) is 0 Å². The molecular formula is C17H34LiO2. The smallest absolute Gasteiger partial charge is 0.303 e. The molecule has 0 unspecified atom stereocenters. The van der Waals surface area contributed by atoms with Crippen molar-refractivity contribution in [3.63, 3.8) is 0 Å². The minimum absolute atomic E-state index is 0. The Morgan fingerprint density at radius 3 is 1.25 bits per heavy atom. The van der Waals surface area contributed by atoms with Crippen molar-refractivity contribution in [1.82, 2.24) is 0 Å². The topological polar surface area (TPSA) is 37.3 Å². The molecule has 0 heterocycles. The molecule has 0 atom stereocenters. The number of rotatable bonds is 15. The maximum atomic E-state index is 10.3. The van der Waals surface area contributed by atoms with Gasteiger partial charge in [-0.15, -0.1) is 0 Å². The van der Waals surface area contributed by atoms with Crippen molar-refractivity contribution < 1.29 is 9.90 Å². The molecule has 0 spiro atoms. The summed E-state index contributed by atoms with van der Waals surface area (Å²) in [6.45, 7) is 2.27. The molecule has 0 rings (SSSR count). The third-order valence-corrected chi connectivity index (χ3v) is 3.74. The van der Waals surface area contributed by atoms with Gasteiger partial charge in [-0.25, -0.2) is 0 Å². The molecule has 1 radical (unpaired) electrons. The largest absolute Gasteiger partial charge is 0.481 e. The Kier molecular flexibility index (Phi) is 21.3. The van der Waals surface area contributed by atoms with Crippen molar-refractivity contribution in [1.29, 1.82) is 0 Å². The van der Waals surface area contributed by atoms with E-state index in [1.807, 2.05) is 0 Å². The van der Waals surface area contributed by atoms with Crippen LogP contribution < -0.4 is 0 Å². The number of hydrogen-bond acceptors (Lipinski definition) is 1. The Bertz CT molecular complexity index is 195. The van der Waals surface area contributed by atoms with Crippen LogP contribution in [-0.2, 0) is 4.79 Å². The molecule has 20 heavy (non-hydrogen) atoms. The van der Waals surface area contributed by atoms with Crippen molar-refractivity contribution in [3.05, 3.63) is 0 Å². The Morgan fingerprint density at radius 1 is 0.650 bits per heavy atom. The fraction of sp³-hybridized carbons (Fsp3) is 0.941. The molecule has 0 aromatic rings. The summed E-state index contributed by atoms with van der Waals surface area (Å²) in [6, 6.07) is 0. The third kappa shape index (κ3) is 20.4. The molecule has 0 aliphatic carbocycles. The van der Waals surface area contributed by atoms with Gasteiger partial charge in [0.05, 0.1) is 0 Å². The third-order valence-electron chi connectivity index (χ3n) is 3.74. The van der Waals surface area contributed by atoms with Gasteiger partial charge in [0.1, 0.15) is 0 Å². The van der Waals surface area contributed by atoms with E-state index >= 15 is 0 Å². The van der Waals surface area contributed by atoms with E-state index in [0.717, 1.165) is 12.8 Å². The van der Waals surface area contributed by atoms with Crippen LogP contribution in [0.4, 0.5) is 0 Å². The number of unbranched alkanes of at least 4 members (excludes halogenated alkanes) is 13. The van der Waals surface area contributed by atoms with Crippen LogP contribution in [0.2, 0.25) is 0 Å². The fourth-order valence-corrected chi connectivity index (χ4v) is 2.47. The maximum absolute atomic E-state index is 10.3. The zero-order valence-corrected chi connectivity index (χ0v) is 14.0. The van der Waals surface area contributed by atoms with E-state index in [4.69, 9.17) is 5.11 Å². The van der Waals surface area contributed by atoms with E-state index in [0.29, 0.717) is 6.42 Å². The Balaban J connectivity index is 0. The molecule has 0 bridgehead atoms. The first-order chi connectivity index (χ1) is 9.27. The normalized spacial score (nSPS) is 10.2. The second-order valence-electron chi connectivity index (χ2n) is 5.74. The number of carboxylic acids is 1. The van der Waals surface area contributed by atoms with Crippen molar-refractivity contribution in [2.24, 2.45) is 0 Å². The number of hydrogen-bond donors (Lipinski definition) is 1. The average molecular weight is 277 g/mol. The van der Waals surface area contributed by atoms with Gasteiger partial charge in [-0.1, -0.05) is 90.4 Å². The Labute approximate surface area is 138 Å². The summed E-state index contributed by atoms with van der Waals surface area (Å²) in [5, 5.41) is 8.50. The second kappa shape index (κ2) is 19.1. The summed E-state index contributed by atoms with van der Waals surface area (Å²) in [4.78, 5) is 10.3. The van der Waals surface area contributed by atoms with Crippen LogP contribution in [0, 0.1) is 0 Å². The van der Waals surface area contributed by atoms with Gasteiger partial charge in [-0.2, -0.15) is 0 Å². The molecule has 0 aliphatic heterocycles. The van der Waals surface area contributed by atoms with Crippen LogP contribution in [0.5, 0.6) is 0 Å². The summed E-state index contributed by atoms with van der Waals surface area (Å²) in [5.74, 6) is -0.654.